The van der Waals surface area contributed by atoms with Crippen molar-refractivity contribution >= 4 is 38.5 Å². The van der Waals surface area contributed by atoms with Crippen molar-refractivity contribution in [1.82, 2.24) is 14.5 Å². The molecular formula is C23H23N5O3S. The van der Waals surface area contributed by atoms with Gasteiger partial charge in [-0.05, 0) is 55.8 Å². The molecule has 4 aromatic rings. The van der Waals surface area contributed by atoms with Gasteiger partial charge in [-0.1, -0.05) is 18.2 Å². The van der Waals surface area contributed by atoms with Crippen LogP contribution >= 0.6 is 0 Å². The smallest absolute Gasteiger partial charge is 0.264 e. The molecular weight excluding hydrogens is 426 g/mol. The predicted molar refractivity (Wildman–Crippen MR) is 124 cm³/mol. The number of rotatable bonds is 6. The van der Waals surface area contributed by atoms with Gasteiger partial charge in [0.2, 0.25) is 11.9 Å². The second kappa shape index (κ2) is 8.43. The zero-order valence-electron chi connectivity index (χ0n) is 18.0. The first kappa shape index (κ1) is 21.5. The fraction of sp³-hybridized carbons (Fsp3) is 0.174. The van der Waals surface area contributed by atoms with Crippen LogP contribution in [0.3, 0.4) is 0 Å². The van der Waals surface area contributed by atoms with Crippen LogP contribution in [-0.2, 0) is 28.3 Å². The summed E-state index contributed by atoms with van der Waals surface area (Å²) in [5.74, 6) is -0.159. The highest BCUT2D eigenvalue weighted by atomic mass is 32.2. The van der Waals surface area contributed by atoms with Crippen LogP contribution < -0.4 is 10.0 Å². The average molecular weight is 450 g/mol. The molecule has 0 fully saturated rings. The van der Waals surface area contributed by atoms with Crippen LogP contribution in [0.1, 0.15) is 17.0 Å². The van der Waals surface area contributed by atoms with Crippen LogP contribution in [0.2, 0.25) is 0 Å². The normalized spacial score (nSPS) is 11.5. The molecule has 2 aromatic carbocycles. The van der Waals surface area contributed by atoms with Crippen molar-refractivity contribution in [2.45, 2.75) is 25.2 Å². The number of nitrogens with one attached hydrogen (secondary N) is 2. The summed E-state index contributed by atoms with van der Waals surface area (Å²) in [5, 5.41) is 3.85. The quantitative estimate of drug-likeness (QED) is 0.468. The number of anilines is 2. The van der Waals surface area contributed by atoms with Crippen molar-refractivity contribution in [3.8, 4) is 0 Å². The van der Waals surface area contributed by atoms with Crippen LogP contribution in [0.5, 0.6) is 0 Å². The van der Waals surface area contributed by atoms with Crippen LogP contribution in [0, 0.1) is 13.8 Å². The molecule has 9 heteroatoms. The summed E-state index contributed by atoms with van der Waals surface area (Å²) in [7, 11) is -1.91. The average Bonchev–Trinajstić information content (AvgIpc) is 3.03. The first-order valence-electron chi connectivity index (χ1n) is 9.99. The van der Waals surface area contributed by atoms with Crippen LogP contribution in [0.25, 0.3) is 10.9 Å². The lowest BCUT2D eigenvalue weighted by atomic mass is 10.1. The van der Waals surface area contributed by atoms with Gasteiger partial charge in [0, 0.05) is 41.2 Å². The molecule has 2 N–H and O–H groups in total. The Bertz CT molecular complexity index is 1390. The number of fused-ring (bicyclic) bond motifs is 1. The van der Waals surface area contributed by atoms with Gasteiger partial charge in [0.25, 0.3) is 10.0 Å². The predicted octanol–water partition coefficient (Wildman–Crippen LogP) is 3.57. The summed E-state index contributed by atoms with van der Waals surface area (Å²) in [6.07, 6.45) is 2.16. The number of benzene rings is 2. The summed E-state index contributed by atoms with van der Waals surface area (Å²) in [4.78, 5) is 20.8. The molecule has 0 bridgehead atoms. The van der Waals surface area contributed by atoms with E-state index in [1.807, 2.05) is 42.1 Å². The highest BCUT2D eigenvalue weighted by Crippen LogP contribution is 2.22. The first-order valence-corrected chi connectivity index (χ1v) is 11.5. The van der Waals surface area contributed by atoms with Crippen molar-refractivity contribution in [2.75, 3.05) is 10.0 Å². The zero-order valence-corrected chi connectivity index (χ0v) is 18.8. The summed E-state index contributed by atoms with van der Waals surface area (Å²) in [6.45, 7) is 3.53. The summed E-state index contributed by atoms with van der Waals surface area (Å²) >= 11 is 0. The second-order valence-corrected chi connectivity index (χ2v) is 9.29. The van der Waals surface area contributed by atoms with E-state index in [1.54, 1.807) is 32.0 Å². The van der Waals surface area contributed by atoms with Crippen LogP contribution in [0.4, 0.5) is 11.6 Å². The lowest BCUT2D eigenvalue weighted by molar-refractivity contribution is -0.115. The molecule has 0 spiro atoms. The minimum atomic E-state index is -3.85. The maximum atomic E-state index is 12.6. The molecule has 0 aliphatic heterocycles. The van der Waals surface area contributed by atoms with E-state index < -0.39 is 10.0 Å². The number of amides is 1. The number of carbonyl (C=O) groups is 1. The Balaban J connectivity index is 1.45. The molecule has 2 heterocycles. The van der Waals surface area contributed by atoms with Gasteiger partial charge in [-0.15, -0.1) is 0 Å². The van der Waals surface area contributed by atoms with Gasteiger partial charge in [-0.3, -0.25) is 4.79 Å². The van der Waals surface area contributed by atoms with Crippen molar-refractivity contribution in [3.05, 3.63) is 77.7 Å². The molecule has 4 rings (SSSR count). The minimum absolute atomic E-state index is 0.0231. The maximum absolute atomic E-state index is 12.6. The number of aryl methyl sites for hydroxylation is 3. The van der Waals surface area contributed by atoms with E-state index in [4.69, 9.17) is 0 Å². The lowest BCUT2D eigenvalue weighted by Crippen LogP contribution is -2.16. The standard InChI is InChI=1S/C23H23N5O3S/c1-15-12-16(2)25-23(24-15)27-32(30,31)19-10-8-18(9-11-19)26-22(29)13-17-14-28(3)21-7-5-4-6-20(17)21/h4-12,14H,13H2,1-3H3,(H,26,29)(H,24,25,27). The molecule has 0 aliphatic carbocycles. The SMILES string of the molecule is Cc1cc(C)nc(NS(=O)(=O)c2ccc(NC(=O)Cc3cn(C)c4ccccc34)cc2)n1. The number of aromatic nitrogens is 3. The first-order chi connectivity index (χ1) is 15.2. The molecule has 0 unspecified atom stereocenters. The van der Waals surface area contributed by atoms with E-state index in [1.165, 1.54) is 12.1 Å². The number of nitrogens with zero attached hydrogens (tertiary/aromatic N) is 3. The largest absolute Gasteiger partial charge is 0.350 e. The molecule has 0 saturated carbocycles. The third kappa shape index (κ3) is 4.62. The van der Waals surface area contributed by atoms with Gasteiger partial charge in [-0.25, -0.2) is 23.1 Å². The molecule has 164 valence electrons. The Labute approximate surface area is 186 Å². The highest BCUT2D eigenvalue weighted by Gasteiger charge is 2.17. The number of hydrogen-bond acceptors (Lipinski definition) is 5. The second-order valence-electron chi connectivity index (χ2n) is 7.61. The Morgan fingerprint density at radius 2 is 1.66 bits per heavy atom. The van der Waals surface area contributed by atoms with Gasteiger partial charge in [0.05, 0.1) is 11.3 Å². The molecule has 2 aromatic heterocycles. The minimum Gasteiger partial charge on any atom is -0.350 e. The van der Waals surface area contributed by atoms with Crippen molar-refractivity contribution < 1.29 is 13.2 Å². The van der Waals surface area contributed by atoms with E-state index in [0.29, 0.717) is 17.1 Å². The van der Waals surface area contributed by atoms with E-state index in [0.717, 1.165) is 16.5 Å². The highest BCUT2D eigenvalue weighted by molar-refractivity contribution is 7.92. The van der Waals surface area contributed by atoms with Crippen LogP contribution in [-0.4, -0.2) is 28.9 Å². The number of hydrogen-bond donors (Lipinski definition) is 2. The van der Waals surface area contributed by atoms with Crippen molar-refractivity contribution in [2.24, 2.45) is 7.05 Å². The Morgan fingerprint density at radius 3 is 2.34 bits per heavy atom. The summed E-state index contributed by atoms with van der Waals surface area (Å²) in [6, 6.07) is 15.6. The number of para-hydroxylation sites is 1. The fourth-order valence-electron chi connectivity index (χ4n) is 3.61. The summed E-state index contributed by atoms with van der Waals surface area (Å²) < 4.78 is 29.7. The molecule has 0 saturated heterocycles. The molecule has 0 aliphatic rings. The summed E-state index contributed by atoms with van der Waals surface area (Å²) in [5.41, 5.74) is 3.83. The van der Waals surface area contributed by atoms with Gasteiger partial charge in [-0.2, -0.15) is 0 Å². The van der Waals surface area contributed by atoms with E-state index in [9.17, 15) is 13.2 Å². The van der Waals surface area contributed by atoms with Gasteiger partial charge in [0.15, 0.2) is 0 Å². The fourth-order valence-corrected chi connectivity index (χ4v) is 4.56. The Morgan fingerprint density at radius 1 is 1.00 bits per heavy atom. The van der Waals surface area contributed by atoms with Crippen molar-refractivity contribution in [1.29, 1.82) is 0 Å². The topological polar surface area (TPSA) is 106 Å². The number of carbonyl (C=O) groups excluding carboxylic acids is 1. The molecule has 32 heavy (non-hydrogen) atoms. The number of sulfonamides is 1. The molecule has 0 atom stereocenters. The Kier molecular flexibility index (Phi) is 5.67. The van der Waals surface area contributed by atoms with Gasteiger partial charge in [0.1, 0.15) is 0 Å². The van der Waals surface area contributed by atoms with E-state index >= 15 is 0 Å². The van der Waals surface area contributed by atoms with Crippen molar-refractivity contribution in [3.63, 3.8) is 0 Å². The maximum Gasteiger partial charge on any atom is 0.264 e. The third-order valence-electron chi connectivity index (χ3n) is 4.99. The lowest BCUT2D eigenvalue weighted by Gasteiger charge is -2.09. The Hall–Kier alpha value is -3.72. The monoisotopic (exact) mass is 449 g/mol. The molecule has 8 nitrogen and oxygen atoms in total. The van der Waals surface area contributed by atoms with Gasteiger partial charge >= 0.3 is 0 Å². The van der Waals surface area contributed by atoms with Crippen LogP contribution in [0.15, 0.2) is 65.7 Å². The van der Waals surface area contributed by atoms with E-state index in [-0.39, 0.29) is 23.2 Å². The zero-order chi connectivity index (χ0) is 22.9. The molecule has 1 amide bonds. The third-order valence-corrected chi connectivity index (χ3v) is 6.33. The molecule has 0 radical (unpaired) electrons. The van der Waals surface area contributed by atoms with E-state index in [2.05, 4.69) is 20.0 Å². The van der Waals surface area contributed by atoms with Gasteiger partial charge < -0.3 is 9.88 Å².